The van der Waals surface area contributed by atoms with Crippen LogP contribution in [0.25, 0.3) is 0 Å². The summed E-state index contributed by atoms with van der Waals surface area (Å²) in [6.45, 7) is 1.87. The monoisotopic (exact) mass is 601 g/mol. The fraction of sp³-hybridized carbons (Fsp3) is 0.458. The number of benzene rings is 2. The number of hydrogen-bond acceptors (Lipinski definition) is 6. The molecule has 0 N–H and O–H groups in total. The summed E-state index contributed by atoms with van der Waals surface area (Å²) in [5.41, 5.74) is -1.59. The van der Waals surface area contributed by atoms with Crippen LogP contribution in [0.4, 0.5) is 26.3 Å². The number of rotatable bonds is 7. The van der Waals surface area contributed by atoms with Crippen molar-refractivity contribution in [2.75, 3.05) is 25.1 Å². The zero-order chi connectivity index (χ0) is 29.4. The average molecular weight is 602 g/mol. The molecule has 0 aromatic heterocycles. The van der Waals surface area contributed by atoms with Crippen molar-refractivity contribution in [1.82, 2.24) is 4.90 Å². The molecule has 0 bridgehead atoms. The van der Waals surface area contributed by atoms with Gasteiger partial charge >= 0.3 is 12.5 Å². The lowest BCUT2D eigenvalue weighted by Crippen LogP contribution is -2.41. The standard InChI is InChI=1S/C24H25F6NO6S2/c1-15(14-39(35,36)19-5-3-4-18(13-19)37-24(28,29)30)16-8-10-31(11-9-16)22(32)20-7-6-17(23(25,26)27)12-21(20)38(2,33)34/h3-7,12-13,15-16H,8-11,14H2,1-2H3. The van der Waals surface area contributed by atoms with E-state index in [9.17, 15) is 48.0 Å². The van der Waals surface area contributed by atoms with Crippen molar-refractivity contribution in [1.29, 1.82) is 0 Å². The first-order valence-corrected chi connectivity index (χ1v) is 15.1. The predicted octanol–water partition coefficient (Wildman–Crippen LogP) is 4.97. The number of likely N-dealkylation sites (tertiary alicyclic amines) is 1. The minimum absolute atomic E-state index is 0.104. The normalized spacial score (nSPS) is 16.7. The Kier molecular flexibility index (Phi) is 8.66. The molecule has 1 fully saturated rings. The fourth-order valence-electron chi connectivity index (χ4n) is 4.47. The topological polar surface area (TPSA) is 97.8 Å². The first-order chi connectivity index (χ1) is 17.8. The van der Waals surface area contributed by atoms with Crippen molar-refractivity contribution in [2.24, 2.45) is 11.8 Å². The number of halogens is 6. The van der Waals surface area contributed by atoms with E-state index in [4.69, 9.17) is 0 Å². The Morgan fingerprint density at radius 3 is 2.15 bits per heavy atom. The van der Waals surface area contributed by atoms with Crippen molar-refractivity contribution in [3.05, 3.63) is 53.6 Å². The van der Waals surface area contributed by atoms with Crippen LogP contribution in [0.1, 0.15) is 35.7 Å². The Labute approximate surface area is 221 Å². The maximum atomic E-state index is 13.1. The van der Waals surface area contributed by atoms with Gasteiger partial charge in [0, 0.05) is 19.3 Å². The number of piperidine rings is 1. The van der Waals surface area contributed by atoms with Crippen molar-refractivity contribution < 1.29 is 52.7 Å². The van der Waals surface area contributed by atoms with Crippen molar-refractivity contribution in [3.8, 4) is 5.75 Å². The van der Waals surface area contributed by atoms with Gasteiger partial charge in [0.05, 0.1) is 26.7 Å². The van der Waals surface area contributed by atoms with Crippen LogP contribution >= 0.6 is 0 Å². The molecule has 0 spiro atoms. The largest absolute Gasteiger partial charge is 0.573 e. The van der Waals surface area contributed by atoms with Crippen LogP contribution in [0, 0.1) is 11.8 Å². The molecule has 2 aromatic carbocycles. The lowest BCUT2D eigenvalue weighted by molar-refractivity contribution is -0.274. The number of carbonyl (C=O) groups is 1. The number of carbonyl (C=O) groups excluding carboxylic acids is 1. The van der Waals surface area contributed by atoms with E-state index in [2.05, 4.69) is 4.74 Å². The van der Waals surface area contributed by atoms with Gasteiger partial charge in [-0.15, -0.1) is 13.2 Å². The third-order valence-corrected chi connectivity index (χ3v) is 9.52. The zero-order valence-electron chi connectivity index (χ0n) is 20.7. The summed E-state index contributed by atoms with van der Waals surface area (Å²) < 4.78 is 131. The van der Waals surface area contributed by atoms with Crippen LogP contribution in [0.3, 0.4) is 0 Å². The Morgan fingerprint density at radius 1 is 1.00 bits per heavy atom. The molecular weight excluding hydrogens is 576 g/mol. The average Bonchev–Trinajstić information content (AvgIpc) is 2.81. The van der Waals surface area contributed by atoms with Gasteiger partial charge in [-0.1, -0.05) is 13.0 Å². The summed E-state index contributed by atoms with van der Waals surface area (Å²) in [6.07, 6.45) is -8.42. The van der Waals surface area contributed by atoms with Crippen LogP contribution in [-0.2, 0) is 25.9 Å². The lowest BCUT2D eigenvalue weighted by Gasteiger charge is -2.35. The second-order valence-corrected chi connectivity index (χ2v) is 13.4. The number of hydrogen-bond donors (Lipinski definition) is 0. The molecule has 3 rings (SSSR count). The molecular formula is C24H25F6NO6S2. The van der Waals surface area contributed by atoms with Gasteiger partial charge in [-0.2, -0.15) is 13.2 Å². The van der Waals surface area contributed by atoms with Crippen LogP contribution in [-0.4, -0.2) is 59.1 Å². The number of alkyl halides is 6. The smallest absolute Gasteiger partial charge is 0.406 e. The SMILES string of the molecule is CC(CS(=O)(=O)c1cccc(OC(F)(F)F)c1)C1CCN(C(=O)c2ccc(C(F)(F)F)cc2S(C)(=O)=O)CC1. The summed E-state index contributed by atoms with van der Waals surface area (Å²) in [5, 5.41) is 0. The van der Waals surface area contributed by atoms with E-state index >= 15 is 0 Å². The van der Waals surface area contributed by atoms with Gasteiger partial charge in [0.15, 0.2) is 19.7 Å². The van der Waals surface area contributed by atoms with E-state index in [-0.39, 0.29) is 35.2 Å². The highest BCUT2D eigenvalue weighted by Gasteiger charge is 2.36. The summed E-state index contributed by atoms with van der Waals surface area (Å²) >= 11 is 0. The third-order valence-electron chi connectivity index (χ3n) is 6.45. The van der Waals surface area contributed by atoms with Gasteiger partial charge in [0.25, 0.3) is 5.91 Å². The van der Waals surface area contributed by atoms with Crippen molar-refractivity contribution in [2.45, 2.75) is 42.1 Å². The first-order valence-electron chi connectivity index (χ1n) is 11.6. The van der Waals surface area contributed by atoms with E-state index in [0.29, 0.717) is 31.2 Å². The molecule has 0 aliphatic carbocycles. The van der Waals surface area contributed by atoms with Crippen LogP contribution < -0.4 is 4.74 Å². The van der Waals surface area contributed by atoms with Gasteiger partial charge in [-0.3, -0.25) is 4.79 Å². The van der Waals surface area contributed by atoms with Gasteiger partial charge < -0.3 is 9.64 Å². The van der Waals surface area contributed by atoms with Crippen LogP contribution in [0.2, 0.25) is 0 Å². The highest BCUT2D eigenvalue weighted by molar-refractivity contribution is 7.91. The van der Waals surface area contributed by atoms with Crippen LogP contribution in [0.15, 0.2) is 52.3 Å². The summed E-state index contributed by atoms with van der Waals surface area (Å²) in [4.78, 5) is 13.3. The maximum Gasteiger partial charge on any atom is 0.573 e. The molecule has 2 aromatic rings. The molecule has 1 saturated heterocycles. The van der Waals surface area contributed by atoms with Gasteiger partial charge in [0.1, 0.15) is 5.75 Å². The fourth-order valence-corrected chi connectivity index (χ4v) is 7.10. The third kappa shape index (κ3) is 7.87. The highest BCUT2D eigenvalue weighted by Crippen LogP contribution is 2.34. The molecule has 0 radical (unpaired) electrons. The second kappa shape index (κ2) is 11.0. The minimum atomic E-state index is -4.98. The molecule has 1 atom stereocenters. The Bertz CT molecular complexity index is 1430. The molecule has 1 heterocycles. The Morgan fingerprint density at radius 2 is 1.62 bits per heavy atom. The molecule has 1 aliphatic rings. The second-order valence-electron chi connectivity index (χ2n) is 9.39. The molecule has 216 valence electrons. The van der Waals surface area contributed by atoms with E-state index in [0.717, 1.165) is 30.3 Å². The number of nitrogens with zero attached hydrogens (tertiary/aromatic N) is 1. The Balaban J connectivity index is 1.69. The van der Waals surface area contributed by atoms with Crippen molar-refractivity contribution in [3.63, 3.8) is 0 Å². The number of sulfone groups is 2. The first kappa shape index (κ1) is 30.7. The molecule has 39 heavy (non-hydrogen) atoms. The van der Waals surface area contributed by atoms with E-state index in [1.54, 1.807) is 6.92 Å². The van der Waals surface area contributed by atoms with Gasteiger partial charge in [-0.25, -0.2) is 16.8 Å². The quantitative estimate of drug-likeness (QED) is 0.416. The number of ether oxygens (including phenoxy) is 1. The molecule has 15 heteroatoms. The highest BCUT2D eigenvalue weighted by atomic mass is 32.2. The minimum Gasteiger partial charge on any atom is -0.406 e. The molecule has 1 amide bonds. The van der Waals surface area contributed by atoms with E-state index < -0.39 is 60.2 Å². The lowest BCUT2D eigenvalue weighted by atomic mass is 9.86. The van der Waals surface area contributed by atoms with E-state index in [1.807, 2.05) is 0 Å². The molecule has 1 aliphatic heterocycles. The maximum absolute atomic E-state index is 13.1. The zero-order valence-corrected chi connectivity index (χ0v) is 22.3. The summed E-state index contributed by atoms with van der Waals surface area (Å²) in [7, 11) is -8.15. The number of amides is 1. The van der Waals surface area contributed by atoms with Crippen molar-refractivity contribution >= 4 is 25.6 Å². The molecule has 1 unspecified atom stereocenters. The summed E-state index contributed by atoms with van der Waals surface area (Å²) in [6, 6.07) is 5.96. The van der Waals surface area contributed by atoms with Gasteiger partial charge in [0.2, 0.25) is 0 Å². The van der Waals surface area contributed by atoms with Gasteiger partial charge in [-0.05, 0) is 61.1 Å². The Hall–Kier alpha value is -2.81. The molecule has 7 nitrogen and oxygen atoms in total. The predicted molar refractivity (Wildman–Crippen MR) is 128 cm³/mol. The van der Waals surface area contributed by atoms with Crippen LogP contribution in [0.5, 0.6) is 5.75 Å². The summed E-state index contributed by atoms with van der Waals surface area (Å²) in [5.74, 6) is -2.44. The molecule has 0 saturated carbocycles. The van der Waals surface area contributed by atoms with E-state index in [1.165, 1.54) is 4.90 Å².